The minimum absolute atomic E-state index is 0.165. The molecule has 8 heteroatoms. The predicted molar refractivity (Wildman–Crippen MR) is 125 cm³/mol. The molecule has 0 radical (unpaired) electrons. The Morgan fingerprint density at radius 3 is 2.51 bits per heavy atom. The molecule has 0 unspecified atom stereocenters. The Morgan fingerprint density at radius 1 is 1.09 bits per heavy atom. The highest BCUT2D eigenvalue weighted by Crippen LogP contribution is 2.44. The van der Waals surface area contributed by atoms with Crippen molar-refractivity contribution in [1.82, 2.24) is 5.32 Å². The third-order valence-corrected chi connectivity index (χ3v) is 6.50. The van der Waals surface area contributed by atoms with Crippen LogP contribution in [0.15, 0.2) is 42.5 Å². The molecule has 4 rings (SSSR count). The molecule has 0 bridgehead atoms. The molecule has 2 fully saturated rings. The Labute approximate surface area is 204 Å². The van der Waals surface area contributed by atoms with Crippen molar-refractivity contribution in [1.29, 1.82) is 0 Å². The molecule has 1 N–H and O–H groups in total. The first-order valence-electron chi connectivity index (χ1n) is 12.0. The molecule has 190 valence electrons. The van der Waals surface area contributed by atoms with Crippen LogP contribution in [-0.2, 0) is 37.0 Å². The number of nitrogens with one attached hydrogen (secondary N) is 1. The van der Waals surface area contributed by atoms with E-state index in [1.165, 1.54) is 12.1 Å². The maximum absolute atomic E-state index is 14.3. The van der Waals surface area contributed by atoms with E-state index in [0.29, 0.717) is 13.2 Å². The molecule has 1 aliphatic heterocycles. The molecule has 6 nitrogen and oxygen atoms in total. The molecular formula is C27H33F2NO5. The molecular weight excluding hydrogens is 456 g/mol. The first-order valence-corrected chi connectivity index (χ1v) is 12.0. The van der Waals surface area contributed by atoms with E-state index in [9.17, 15) is 13.6 Å². The lowest BCUT2D eigenvalue weighted by molar-refractivity contribution is -0.183. The van der Waals surface area contributed by atoms with E-state index in [2.05, 4.69) is 5.32 Å². The summed E-state index contributed by atoms with van der Waals surface area (Å²) in [6.45, 7) is 8.02. The van der Waals surface area contributed by atoms with Crippen molar-refractivity contribution in [2.45, 2.75) is 83.5 Å². The SMILES string of the molecule is CCNC(=O)[C@@]1(OCc2ccc(F)cc2F)C[C@H](OCc2ccc(C)cc2)[C@@H]2OC(C)(C)O[C@@H]2C1. The summed E-state index contributed by atoms with van der Waals surface area (Å²) in [7, 11) is 0. The summed E-state index contributed by atoms with van der Waals surface area (Å²) < 4.78 is 52.5. The maximum Gasteiger partial charge on any atom is 0.252 e. The van der Waals surface area contributed by atoms with Crippen LogP contribution >= 0.6 is 0 Å². The lowest BCUT2D eigenvalue weighted by Gasteiger charge is -2.43. The highest BCUT2D eigenvalue weighted by Gasteiger charge is 2.58. The zero-order chi connectivity index (χ0) is 25.2. The van der Waals surface area contributed by atoms with Gasteiger partial charge in [-0.3, -0.25) is 4.79 Å². The van der Waals surface area contributed by atoms with Crippen LogP contribution in [-0.4, -0.2) is 42.2 Å². The van der Waals surface area contributed by atoms with Gasteiger partial charge in [-0.25, -0.2) is 8.78 Å². The summed E-state index contributed by atoms with van der Waals surface area (Å²) in [5.74, 6) is -2.56. The van der Waals surface area contributed by atoms with E-state index < -0.39 is 35.2 Å². The average molecular weight is 490 g/mol. The minimum atomic E-state index is -1.33. The largest absolute Gasteiger partial charge is 0.371 e. The van der Waals surface area contributed by atoms with Crippen LogP contribution in [0.4, 0.5) is 8.78 Å². The van der Waals surface area contributed by atoms with Crippen LogP contribution in [0.3, 0.4) is 0 Å². The van der Waals surface area contributed by atoms with Gasteiger partial charge in [0, 0.05) is 31.0 Å². The van der Waals surface area contributed by atoms with Gasteiger partial charge in [0.2, 0.25) is 0 Å². The Hall–Kier alpha value is -2.39. The number of ether oxygens (including phenoxy) is 4. The van der Waals surface area contributed by atoms with Gasteiger partial charge in [-0.05, 0) is 39.3 Å². The third-order valence-electron chi connectivity index (χ3n) is 6.50. The van der Waals surface area contributed by atoms with Gasteiger partial charge in [-0.2, -0.15) is 0 Å². The number of carbonyl (C=O) groups is 1. The van der Waals surface area contributed by atoms with Gasteiger partial charge >= 0.3 is 0 Å². The fourth-order valence-electron chi connectivity index (χ4n) is 4.77. The molecule has 1 heterocycles. The molecule has 1 amide bonds. The number of carbonyl (C=O) groups excluding carboxylic acids is 1. The summed E-state index contributed by atoms with van der Waals surface area (Å²) in [6.07, 6.45) is -0.919. The van der Waals surface area contributed by atoms with Crippen molar-refractivity contribution in [3.05, 3.63) is 70.8 Å². The second-order valence-electron chi connectivity index (χ2n) is 9.76. The summed E-state index contributed by atoms with van der Waals surface area (Å²) in [5.41, 5.74) is 0.976. The second-order valence-corrected chi connectivity index (χ2v) is 9.76. The number of halogens is 2. The summed E-state index contributed by atoms with van der Waals surface area (Å²) in [6, 6.07) is 11.3. The number of aryl methyl sites for hydroxylation is 1. The van der Waals surface area contributed by atoms with Crippen LogP contribution in [0.25, 0.3) is 0 Å². The minimum Gasteiger partial charge on any atom is -0.371 e. The molecule has 35 heavy (non-hydrogen) atoms. The van der Waals surface area contributed by atoms with Crippen molar-refractivity contribution < 1.29 is 32.5 Å². The molecule has 2 aliphatic rings. The number of likely N-dealkylation sites (N-methyl/N-ethyl adjacent to an activating group) is 1. The third kappa shape index (κ3) is 5.89. The Bertz CT molecular complexity index is 1040. The molecule has 2 aromatic rings. The summed E-state index contributed by atoms with van der Waals surface area (Å²) in [4.78, 5) is 13.3. The number of hydrogen-bond donors (Lipinski definition) is 1. The molecule has 4 atom stereocenters. The molecule has 1 saturated carbocycles. The monoisotopic (exact) mass is 489 g/mol. The van der Waals surface area contributed by atoms with Gasteiger partial charge in [0.05, 0.1) is 25.4 Å². The van der Waals surface area contributed by atoms with Gasteiger partial charge < -0.3 is 24.3 Å². The van der Waals surface area contributed by atoms with E-state index in [0.717, 1.165) is 17.2 Å². The number of rotatable bonds is 8. The fraction of sp³-hybridized carbons (Fsp3) is 0.519. The molecule has 1 saturated heterocycles. The van der Waals surface area contributed by atoms with Crippen molar-refractivity contribution in [2.24, 2.45) is 0 Å². The Morgan fingerprint density at radius 2 is 1.83 bits per heavy atom. The van der Waals surface area contributed by atoms with Crippen LogP contribution in [0.5, 0.6) is 0 Å². The number of amides is 1. The van der Waals surface area contributed by atoms with E-state index in [1.807, 2.05) is 52.0 Å². The zero-order valence-electron chi connectivity index (χ0n) is 20.6. The number of benzene rings is 2. The molecule has 0 spiro atoms. The van der Waals surface area contributed by atoms with Gasteiger partial charge in [0.15, 0.2) is 11.4 Å². The highest BCUT2D eigenvalue weighted by molar-refractivity contribution is 5.85. The quantitative estimate of drug-likeness (QED) is 0.589. The standard InChI is InChI=1S/C27H33F2NO5/c1-5-30-25(31)27(33-16-19-10-11-20(28)12-21(19)29)13-22(24-23(14-27)34-26(3,4)35-24)32-15-18-8-6-17(2)7-9-18/h6-12,22-24H,5,13-16H2,1-4H3,(H,30,31)/t22-,23+,24-,27+/m0/s1. The van der Waals surface area contributed by atoms with E-state index in [4.69, 9.17) is 18.9 Å². The first-order chi connectivity index (χ1) is 16.6. The van der Waals surface area contributed by atoms with Crippen LogP contribution in [0.2, 0.25) is 0 Å². The number of hydrogen-bond acceptors (Lipinski definition) is 5. The molecule has 0 aromatic heterocycles. The Balaban J connectivity index is 1.60. The van der Waals surface area contributed by atoms with Crippen molar-refractivity contribution >= 4 is 5.91 Å². The lowest BCUT2D eigenvalue weighted by Crippen LogP contribution is -2.60. The van der Waals surface area contributed by atoms with Crippen LogP contribution in [0.1, 0.15) is 50.3 Å². The predicted octanol–water partition coefficient (Wildman–Crippen LogP) is 4.56. The van der Waals surface area contributed by atoms with E-state index in [-0.39, 0.29) is 37.0 Å². The van der Waals surface area contributed by atoms with Gasteiger partial charge in [0.1, 0.15) is 17.7 Å². The normalized spacial score (nSPS) is 27.4. The van der Waals surface area contributed by atoms with Crippen molar-refractivity contribution in [2.75, 3.05) is 6.54 Å². The first kappa shape index (κ1) is 25.7. The van der Waals surface area contributed by atoms with E-state index >= 15 is 0 Å². The van der Waals surface area contributed by atoms with E-state index in [1.54, 1.807) is 0 Å². The topological polar surface area (TPSA) is 66.0 Å². The highest BCUT2D eigenvalue weighted by atomic mass is 19.1. The average Bonchev–Trinajstić information content (AvgIpc) is 3.11. The van der Waals surface area contributed by atoms with Crippen LogP contribution < -0.4 is 5.32 Å². The zero-order valence-corrected chi connectivity index (χ0v) is 20.6. The van der Waals surface area contributed by atoms with Gasteiger partial charge in [-0.15, -0.1) is 0 Å². The second kappa shape index (κ2) is 10.3. The molecule has 2 aromatic carbocycles. The van der Waals surface area contributed by atoms with Gasteiger partial charge in [0.25, 0.3) is 5.91 Å². The summed E-state index contributed by atoms with van der Waals surface area (Å²) in [5, 5.41) is 2.85. The smallest absolute Gasteiger partial charge is 0.252 e. The Kier molecular flexibility index (Phi) is 7.57. The lowest BCUT2D eigenvalue weighted by atomic mass is 9.78. The van der Waals surface area contributed by atoms with Crippen LogP contribution in [0, 0.1) is 18.6 Å². The summed E-state index contributed by atoms with van der Waals surface area (Å²) >= 11 is 0. The molecule has 1 aliphatic carbocycles. The number of fused-ring (bicyclic) bond motifs is 1. The maximum atomic E-state index is 14.3. The van der Waals surface area contributed by atoms with Gasteiger partial charge in [-0.1, -0.05) is 35.9 Å². The fourth-order valence-corrected chi connectivity index (χ4v) is 4.77. The van der Waals surface area contributed by atoms with Crippen molar-refractivity contribution in [3.63, 3.8) is 0 Å². The van der Waals surface area contributed by atoms with Crippen molar-refractivity contribution in [3.8, 4) is 0 Å².